The van der Waals surface area contributed by atoms with Crippen molar-refractivity contribution in [3.63, 3.8) is 0 Å². The molecule has 3 rings (SSSR count). The number of urea groups is 1. The Morgan fingerprint density at radius 2 is 2.03 bits per heavy atom. The van der Waals surface area contributed by atoms with Crippen LogP contribution in [0.2, 0.25) is 0 Å². The fourth-order valence-electron chi connectivity index (χ4n) is 3.92. The van der Waals surface area contributed by atoms with Crippen molar-refractivity contribution in [2.75, 3.05) is 51.1 Å². The zero-order chi connectivity index (χ0) is 25.2. The van der Waals surface area contributed by atoms with Gasteiger partial charge in [0.05, 0.1) is 24.8 Å². The average molecular weight is 474 g/mol. The molecule has 2 N–H and O–H groups in total. The molecule has 1 aromatic heterocycles. The summed E-state index contributed by atoms with van der Waals surface area (Å²) in [6, 6.07) is 4.82. The summed E-state index contributed by atoms with van der Waals surface area (Å²) < 4.78 is 11.5. The number of aryl methyl sites for hydroxylation is 2. The van der Waals surface area contributed by atoms with E-state index in [1.165, 1.54) is 0 Å². The Labute approximate surface area is 200 Å². The Hall–Kier alpha value is -3.27. The van der Waals surface area contributed by atoms with Crippen molar-refractivity contribution in [1.29, 1.82) is 0 Å². The molecule has 0 spiro atoms. The summed E-state index contributed by atoms with van der Waals surface area (Å²) in [5.74, 6) is 0.707. The van der Waals surface area contributed by atoms with Gasteiger partial charge in [0.15, 0.2) is 5.76 Å². The number of hydrogen-bond acceptors (Lipinski definition) is 7. The topological polar surface area (TPSA) is 111 Å². The van der Waals surface area contributed by atoms with Crippen LogP contribution in [-0.2, 0) is 0 Å². The lowest BCUT2D eigenvalue weighted by Gasteiger charge is -2.38. The SMILES string of the molecule is Cc1noc(C)c1NC(=O)N(C)C[C@H]1Oc2ccc(N(C)C)cc2C(=O)N([C@H](C)CO)C[C@H]1C. The normalized spacial score (nSPS) is 18.9. The number of likely N-dealkylation sites (N-methyl/N-ethyl adjacent to an activating group) is 1. The van der Waals surface area contributed by atoms with Crippen LogP contribution in [0.25, 0.3) is 0 Å². The van der Waals surface area contributed by atoms with Crippen molar-refractivity contribution in [2.24, 2.45) is 5.92 Å². The van der Waals surface area contributed by atoms with E-state index < -0.39 is 0 Å². The Kier molecular flexibility index (Phi) is 7.71. The van der Waals surface area contributed by atoms with E-state index in [9.17, 15) is 14.7 Å². The van der Waals surface area contributed by atoms with Gasteiger partial charge in [-0.05, 0) is 39.0 Å². The van der Waals surface area contributed by atoms with E-state index in [0.717, 1.165) is 5.69 Å². The number of hydrogen-bond donors (Lipinski definition) is 2. The smallest absolute Gasteiger partial charge is 0.321 e. The number of benzene rings is 1. The highest BCUT2D eigenvalue weighted by Gasteiger charge is 2.34. The monoisotopic (exact) mass is 473 g/mol. The number of ether oxygens (including phenoxy) is 1. The molecular weight excluding hydrogens is 438 g/mol. The maximum atomic E-state index is 13.4. The standard InChI is InChI=1S/C24H35N5O5/c1-14-11-29(15(2)13-30)23(31)19-10-18(27(5)6)8-9-20(19)33-21(14)12-28(7)24(32)25-22-16(3)26-34-17(22)4/h8-10,14-15,21,30H,11-13H2,1-7H3,(H,25,32)/t14-,15-,21-/m1/s1. The van der Waals surface area contributed by atoms with Crippen molar-refractivity contribution in [3.8, 4) is 5.75 Å². The molecule has 0 saturated carbocycles. The minimum absolute atomic E-state index is 0.103. The summed E-state index contributed by atoms with van der Waals surface area (Å²) in [4.78, 5) is 31.4. The molecule has 0 radical (unpaired) electrons. The Balaban J connectivity index is 1.88. The summed E-state index contributed by atoms with van der Waals surface area (Å²) in [7, 11) is 5.50. The summed E-state index contributed by atoms with van der Waals surface area (Å²) in [6.07, 6.45) is -0.383. The van der Waals surface area contributed by atoms with E-state index in [4.69, 9.17) is 9.26 Å². The number of aliphatic hydroxyl groups is 1. The van der Waals surface area contributed by atoms with Gasteiger partial charge in [0, 0.05) is 39.3 Å². The first-order valence-electron chi connectivity index (χ1n) is 11.4. The highest BCUT2D eigenvalue weighted by atomic mass is 16.5. The van der Waals surface area contributed by atoms with E-state index in [2.05, 4.69) is 10.5 Å². The molecule has 0 aliphatic carbocycles. The highest BCUT2D eigenvalue weighted by Crippen LogP contribution is 2.31. The fourth-order valence-corrected chi connectivity index (χ4v) is 3.92. The van der Waals surface area contributed by atoms with Gasteiger partial charge in [0.1, 0.15) is 23.2 Å². The second-order valence-electron chi connectivity index (χ2n) is 9.21. The van der Waals surface area contributed by atoms with Crippen LogP contribution in [0.3, 0.4) is 0 Å². The number of aliphatic hydroxyl groups excluding tert-OH is 1. The Morgan fingerprint density at radius 1 is 1.32 bits per heavy atom. The number of nitrogens with zero attached hydrogens (tertiary/aromatic N) is 4. The third-order valence-electron chi connectivity index (χ3n) is 6.23. The molecule has 0 saturated heterocycles. The molecule has 34 heavy (non-hydrogen) atoms. The predicted molar refractivity (Wildman–Crippen MR) is 130 cm³/mol. The van der Waals surface area contributed by atoms with Crippen molar-refractivity contribution in [3.05, 3.63) is 35.2 Å². The number of aromatic nitrogens is 1. The lowest BCUT2D eigenvalue weighted by molar-refractivity contribution is 0.0371. The molecule has 186 valence electrons. The van der Waals surface area contributed by atoms with Crippen LogP contribution in [0.5, 0.6) is 5.75 Å². The van der Waals surface area contributed by atoms with Gasteiger partial charge in [-0.15, -0.1) is 0 Å². The molecule has 0 unspecified atom stereocenters. The van der Waals surface area contributed by atoms with Gasteiger partial charge < -0.3 is 34.4 Å². The summed E-state index contributed by atoms with van der Waals surface area (Å²) in [5, 5.41) is 16.5. The predicted octanol–water partition coefficient (Wildman–Crippen LogP) is 2.74. The molecule has 2 aromatic rings. The average Bonchev–Trinajstić information content (AvgIpc) is 3.12. The largest absolute Gasteiger partial charge is 0.487 e. The summed E-state index contributed by atoms with van der Waals surface area (Å²) in [5.41, 5.74) is 2.46. The number of amides is 3. The molecule has 1 aliphatic heterocycles. The second kappa shape index (κ2) is 10.3. The van der Waals surface area contributed by atoms with Gasteiger partial charge in [0.25, 0.3) is 5.91 Å². The van der Waals surface area contributed by atoms with Gasteiger partial charge in [0.2, 0.25) is 0 Å². The number of carbonyl (C=O) groups excluding carboxylic acids is 2. The van der Waals surface area contributed by atoms with Gasteiger partial charge in [-0.25, -0.2) is 4.79 Å². The minimum atomic E-state index is -0.383. The van der Waals surface area contributed by atoms with E-state index in [1.54, 1.807) is 42.8 Å². The zero-order valence-electron chi connectivity index (χ0n) is 21.0. The van der Waals surface area contributed by atoms with Crippen molar-refractivity contribution in [1.82, 2.24) is 15.0 Å². The van der Waals surface area contributed by atoms with Gasteiger partial charge in [-0.2, -0.15) is 0 Å². The zero-order valence-corrected chi connectivity index (χ0v) is 21.0. The van der Waals surface area contributed by atoms with E-state index >= 15 is 0 Å². The molecule has 0 bridgehead atoms. The van der Waals surface area contributed by atoms with Crippen LogP contribution in [-0.4, -0.2) is 85.0 Å². The highest BCUT2D eigenvalue weighted by molar-refractivity contribution is 5.98. The van der Waals surface area contributed by atoms with Crippen LogP contribution in [0, 0.1) is 19.8 Å². The molecule has 2 heterocycles. The number of carbonyl (C=O) groups is 2. The van der Waals surface area contributed by atoms with Crippen molar-refractivity contribution < 1.29 is 24.0 Å². The third-order valence-corrected chi connectivity index (χ3v) is 6.23. The van der Waals surface area contributed by atoms with Crippen LogP contribution in [0.1, 0.15) is 35.7 Å². The Morgan fingerprint density at radius 3 is 2.62 bits per heavy atom. The first-order valence-corrected chi connectivity index (χ1v) is 11.4. The van der Waals surface area contributed by atoms with Gasteiger partial charge in [-0.3, -0.25) is 4.79 Å². The summed E-state index contributed by atoms with van der Waals surface area (Å²) in [6.45, 7) is 7.83. The molecule has 10 heteroatoms. The molecule has 0 fully saturated rings. The van der Waals surface area contributed by atoms with Crippen molar-refractivity contribution >= 4 is 23.3 Å². The summed E-state index contributed by atoms with van der Waals surface area (Å²) >= 11 is 0. The van der Waals surface area contributed by atoms with E-state index in [0.29, 0.717) is 41.5 Å². The lowest BCUT2D eigenvalue weighted by Crippen LogP contribution is -2.50. The van der Waals surface area contributed by atoms with Crippen LogP contribution >= 0.6 is 0 Å². The third kappa shape index (κ3) is 5.27. The molecule has 3 atom stereocenters. The minimum Gasteiger partial charge on any atom is -0.487 e. The first kappa shape index (κ1) is 25.4. The van der Waals surface area contributed by atoms with E-state index in [1.807, 2.05) is 38.9 Å². The molecule has 1 aromatic carbocycles. The number of rotatable bonds is 6. The van der Waals surface area contributed by atoms with Crippen molar-refractivity contribution in [2.45, 2.75) is 39.8 Å². The molecule has 10 nitrogen and oxygen atoms in total. The lowest BCUT2D eigenvalue weighted by atomic mass is 9.99. The molecular formula is C24H35N5O5. The quantitative estimate of drug-likeness (QED) is 0.664. The van der Waals surface area contributed by atoms with Crippen LogP contribution in [0.4, 0.5) is 16.2 Å². The van der Waals surface area contributed by atoms with Crippen LogP contribution < -0.4 is 15.0 Å². The number of fused-ring (bicyclic) bond motifs is 1. The van der Waals surface area contributed by atoms with Gasteiger partial charge >= 0.3 is 6.03 Å². The van der Waals surface area contributed by atoms with E-state index in [-0.39, 0.29) is 36.6 Å². The molecule has 1 aliphatic rings. The first-order chi connectivity index (χ1) is 16.0. The van der Waals surface area contributed by atoms with Gasteiger partial charge in [-0.1, -0.05) is 12.1 Å². The molecule has 3 amide bonds. The fraction of sp³-hybridized carbons (Fsp3) is 0.542. The Bertz CT molecular complexity index is 1020. The second-order valence-corrected chi connectivity index (χ2v) is 9.21. The number of anilines is 2. The maximum absolute atomic E-state index is 13.4. The maximum Gasteiger partial charge on any atom is 0.321 e. The number of nitrogens with one attached hydrogen (secondary N) is 1. The van der Waals surface area contributed by atoms with Crippen LogP contribution in [0.15, 0.2) is 22.7 Å².